The standard InChI is InChI=1S/C23H22N2O5/c1-13-9-10-15(23(29)30)12-19(13)24-20(26)14-5-4-6-16(11-14)25-21(27)17-7-2-3-8-18(17)22(25)28/h4-6,9-12,17-18H,2-3,7-8H2,1H3,(H,24,26)(H,29,30)/t17-,18+. The van der Waals surface area contributed by atoms with Gasteiger partial charge in [-0.3, -0.25) is 19.3 Å². The quantitative estimate of drug-likeness (QED) is 0.755. The molecule has 2 aromatic rings. The van der Waals surface area contributed by atoms with Gasteiger partial charge >= 0.3 is 5.97 Å². The van der Waals surface area contributed by atoms with Crippen molar-refractivity contribution < 1.29 is 24.3 Å². The number of carboxylic acid groups (broad SMARTS) is 1. The summed E-state index contributed by atoms with van der Waals surface area (Å²) < 4.78 is 0. The van der Waals surface area contributed by atoms with Crippen LogP contribution < -0.4 is 10.2 Å². The third-order valence-electron chi connectivity index (χ3n) is 5.94. The molecule has 4 rings (SSSR count). The number of aromatic carboxylic acids is 1. The number of nitrogens with one attached hydrogen (secondary N) is 1. The van der Waals surface area contributed by atoms with E-state index in [-0.39, 0.29) is 34.8 Å². The first-order valence-electron chi connectivity index (χ1n) is 10.00. The number of rotatable bonds is 4. The molecule has 1 saturated carbocycles. The Morgan fingerprint density at radius 2 is 1.63 bits per heavy atom. The molecule has 7 heteroatoms. The first-order valence-corrected chi connectivity index (χ1v) is 10.00. The molecule has 1 saturated heterocycles. The number of benzene rings is 2. The van der Waals surface area contributed by atoms with Crippen LogP contribution in [0.15, 0.2) is 42.5 Å². The molecule has 0 spiro atoms. The number of hydrogen-bond acceptors (Lipinski definition) is 4. The maximum Gasteiger partial charge on any atom is 0.335 e. The van der Waals surface area contributed by atoms with Gasteiger partial charge in [0, 0.05) is 11.3 Å². The monoisotopic (exact) mass is 406 g/mol. The second-order valence-electron chi connectivity index (χ2n) is 7.85. The number of hydrogen-bond donors (Lipinski definition) is 2. The maximum absolute atomic E-state index is 12.8. The van der Waals surface area contributed by atoms with E-state index in [1.54, 1.807) is 31.2 Å². The Hall–Kier alpha value is -3.48. The molecule has 2 aliphatic rings. The Morgan fingerprint density at radius 1 is 0.967 bits per heavy atom. The Morgan fingerprint density at radius 3 is 2.27 bits per heavy atom. The van der Waals surface area contributed by atoms with E-state index in [0.29, 0.717) is 11.4 Å². The second kappa shape index (κ2) is 7.74. The van der Waals surface area contributed by atoms with Crippen LogP contribution in [0.25, 0.3) is 0 Å². The Kier molecular flexibility index (Phi) is 5.11. The summed E-state index contributed by atoms with van der Waals surface area (Å²) in [5.74, 6) is -2.42. The zero-order valence-electron chi connectivity index (χ0n) is 16.6. The Labute approximate surface area is 173 Å². The lowest BCUT2D eigenvalue weighted by molar-refractivity contribution is -0.122. The van der Waals surface area contributed by atoms with Gasteiger partial charge in [0.15, 0.2) is 0 Å². The van der Waals surface area contributed by atoms with Gasteiger partial charge < -0.3 is 10.4 Å². The highest BCUT2D eigenvalue weighted by Crippen LogP contribution is 2.40. The van der Waals surface area contributed by atoms with E-state index in [0.717, 1.165) is 31.2 Å². The summed E-state index contributed by atoms with van der Waals surface area (Å²) in [7, 11) is 0. The van der Waals surface area contributed by atoms with Crippen molar-refractivity contribution in [2.24, 2.45) is 11.8 Å². The molecular formula is C23H22N2O5. The molecule has 1 heterocycles. The lowest BCUT2D eigenvalue weighted by Gasteiger charge is -2.19. The van der Waals surface area contributed by atoms with Gasteiger partial charge in [0.1, 0.15) is 0 Å². The first kappa shape index (κ1) is 19.8. The Balaban J connectivity index is 1.59. The number of aryl methyl sites for hydroxylation is 1. The van der Waals surface area contributed by atoms with E-state index in [2.05, 4.69) is 5.32 Å². The fourth-order valence-corrected chi connectivity index (χ4v) is 4.29. The van der Waals surface area contributed by atoms with E-state index in [1.807, 2.05) is 0 Å². The summed E-state index contributed by atoms with van der Waals surface area (Å²) in [5, 5.41) is 11.9. The predicted octanol–water partition coefficient (Wildman–Crippen LogP) is 3.63. The number of nitrogens with zero attached hydrogens (tertiary/aromatic N) is 1. The number of amides is 3. The maximum atomic E-state index is 12.8. The minimum absolute atomic E-state index is 0.0699. The van der Waals surface area contributed by atoms with Gasteiger partial charge in [0.25, 0.3) is 5.91 Å². The average molecular weight is 406 g/mol. The fourth-order valence-electron chi connectivity index (χ4n) is 4.29. The zero-order chi connectivity index (χ0) is 21.4. The largest absolute Gasteiger partial charge is 0.478 e. The molecule has 154 valence electrons. The normalized spacial score (nSPS) is 20.8. The molecule has 3 amide bonds. The van der Waals surface area contributed by atoms with Crippen LogP contribution in [0.4, 0.5) is 11.4 Å². The minimum Gasteiger partial charge on any atom is -0.478 e. The van der Waals surface area contributed by atoms with Crippen LogP contribution >= 0.6 is 0 Å². The first-order chi connectivity index (χ1) is 14.4. The molecule has 1 aliphatic carbocycles. The van der Waals surface area contributed by atoms with Gasteiger partial charge in [-0.15, -0.1) is 0 Å². The lowest BCUT2D eigenvalue weighted by atomic mass is 9.81. The topological polar surface area (TPSA) is 104 Å². The van der Waals surface area contributed by atoms with Crippen molar-refractivity contribution in [2.75, 3.05) is 10.2 Å². The lowest BCUT2D eigenvalue weighted by Crippen LogP contribution is -2.31. The van der Waals surface area contributed by atoms with Crippen molar-refractivity contribution in [3.63, 3.8) is 0 Å². The molecule has 7 nitrogen and oxygen atoms in total. The molecule has 0 bridgehead atoms. The van der Waals surface area contributed by atoms with Crippen molar-refractivity contribution in [2.45, 2.75) is 32.6 Å². The summed E-state index contributed by atoms with van der Waals surface area (Å²) in [5.41, 5.74) is 1.86. The van der Waals surface area contributed by atoms with E-state index in [4.69, 9.17) is 5.11 Å². The number of fused-ring (bicyclic) bond motifs is 1. The van der Waals surface area contributed by atoms with Gasteiger partial charge in [0.05, 0.1) is 23.1 Å². The van der Waals surface area contributed by atoms with Crippen molar-refractivity contribution in [1.29, 1.82) is 0 Å². The van der Waals surface area contributed by atoms with E-state index < -0.39 is 11.9 Å². The smallest absolute Gasteiger partial charge is 0.335 e. The molecule has 0 unspecified atom stereocenters. The summed E-state index contributed by atoms with van der Waals surface area (Å²) in [6.45, 7) is 1.76. The summed E-state index contributed by atoms with van der Waals surface area (Å²) in [6, 6.07) is 10.9. The minimum atomic E-state index is -1.08. The van der Waals surface area contributed by atoms with Gasteiger partial charge in [-0.2, -0.15) is 0 Å². The number of carbonyl (C=O) groups is 4. The fraction of sp³-hybridized carbons (Fsp3) is 0.304. The summed E-state index contributed by atoms with van der Waals surface area (Å²) in [6.07, 6.45) is 3.35. The number of anilines is 2. The Bertz CT molecular complexity index is 1040. The molecule has 2 atom stereocenters. The van der Waals surface area contributed by atoms with E-state index in [1.165, 1.54) is 23.1 Å². The SMILES string of the molecule is Cc1ccc(C(=O)O)cc1NC(=O)c1cccc(N2C(=O)[C@H]3CCCC[C@H]3C2=O)c1. The zero-order valence-corrected chi connectivity index (χ0v) is 16.6. The molecule has 2 N–H and O–H groups in total. The molecule has 2 fully saturated rings. The number of imide groups is 1. The second-order valence-corrected chi connectivity index (χ2v) is 7.85. The summed E-state index contributed by atoms with van der Waals surface area (Å²) >= 11 is 0. The molecule has 1 aliphatic heterocycles. The molecular weight excluding hydrogens is 384 g/mol. The predicted molar refractivity (Wildman–Crippen MR) is 110 cm³/mol. The van der Waals surface area contributed by atoms with E-state index >= 15 is 0 Å². The van der Waals surface area contributed by atoms with Crippen molar-refractivity contribution >= 4 is 35.1 Å². The third kappa shape index (κ3) is 3.47. The van der Waals surface area contributed by atoms with Crippen LogP contribution in [-0.4, -0.2) is 28.8 Å². The van der Waals surface area contributed by atoms with Crippen molar-refractivity contribution in [3.8, 4) is 0 Å². The van der Waals surface area contributed by atoms with Crippen LogP contribution in [-0.2, 0) is 9.59 Å². The molecule has 0 radical (unpaired) electrons. The van der Waals surface area contributed by atoms with E-state index in [9.17, 15) is 19.2 Å². The highest BCUT2D eigenvalue weighted by Gasteiger charge is 2.48. The highest BCUT2D eigenvalue weighted by atomic mass is 16.4. The molecule has 0 aromatic heterocycles. The third-order valence-corrected chi connectivity index (χ3v) is 5.94. The van der Waals surface area contributed by atoms with Gasteiger partial charge in [-0.05, 0) is 55.7 Å². The summed E-state index contributed by atoms with van der Waals surface area (Å²) in [4.78, 5) is 50.8. The highest BCUT2D eigenvalue weighted by molar-refractivity contribution is 6.22. The van der Waals surface area contributed by atoms with Crippen LogP contribution in [0.1, 0.15) is 52.0 Å². The van der Waals surface area contributed by atoms with Crippen LogP contribution in [0.2, 0.25) is 0 Å². The number of carbonyl (C=O) groups excluding carboxylic acids is 3. The molecule has 2 aromatic carbocycles. The van der Waals surface area contributed by atoms with Crippen molar-refractivity contribution in [1.82, 2.24) is 0 Å². The number of carboxylic acids is 1. The van der Waals surface area contributed by atoms with Gasteiger partial charge in [-0.25, -0.2) is 4.79 Å². The van der Waals surface area contributed by atoms with Crippen LogP contribution in [0.5, 0.6) is 0 Å². The average Bonchev–Trinajstić information content (AvgIpc) is 3.00. The molecule has 30 heavy (non-hydrogen) atoms. The van der Waals surface area contributed by atoms with Crippen molar-refractivity contribution in [3.05, 3.63) is 59.2 Å². The van der Waals surface area contributed by atoms with Gasteiger partial charge in [0.2, 0.25) is 11.8 Å². The van der Waals surface area contributed by atoms with Crippen LogP contribution in [0, 0.1) is 18.8 Å². The van der Waals surface area contributed by atoms with Crippen LogP contribution in [0.3, 0.4) is 0 Å². The van der Waals surface area contributed by atoms with Gasteiger partial charge in [-0.1, -0.05) is 25.0 Å².